The molecule has 0 saturated heterocycles. The highest BCUT2D eigenvalue weighted by atomic mass is 19.3. The second-order valence-electron chi connectivity index (χ2n) is 7.78. The smallest absolute Gasteiger partial charge is 0.294 e. The van der Waals surface area contributed by atoms with Gasteiger partial charge in [0, 0.05) is 18.8 Å². The van der Waals surface area contributed by atoms with Crippen molar-refractivity contribution in [2.75, 3.05) is 7.05 Å². The number of likely N-dealkylation sites (N-methyl/N-ethyl adjacent to an activating group) is 1. The van der Waals surface area contributed by atoms with Crippen molar-refractivity contribution in [3.05, 3.63) is 76.9 Å². The molecule has 0 spiro atoms. The third kappa shape index (κ3) is 3.87. The Morgan fingerprint density at radius 1 is 1.12 bits per heavy atom. The van der Waals surface area contributed by atoms with Gasteiger partial charge < -0.3 is 0 Å². The number of aromatic nitrogens is 4. The first-order valence-corrected chi connectivity index (χ1v) is 10.2. The number of fused-ring (bicyclic) bond motifs is 1. The average molecular weight is 472 g/mol. The Hall–Kier alpha value is -3.86. The summed E-state index contributed by atoms with van der Waals surface area (Å²) in [6.07, 6.45) is -0.635. The first-order valence-electron chi connectivity index (χ1n) is 10.2. The predicted octanol–water partition coefficient (Wildman–Crippen LogP) is 3.91. The number of halogens is 4. The Balaban J connectivity index is 1.81. The van der Waals surface area contributed by atoms with Crippen molar-refractivity contribution in [3.63, 3.8) is 0 Å². The lowest BCUT2D eigenvalue weighted by Crippen LogP contribution is -2.44. The zero-order valence-corrected chi connectivity index (χ0v) is 18.4. The normalized spacial score (nSPS) is 12.8. The topological polar surface area (TPSA) is 88.6 Å². The molecule has 7 nitrogen and oxygen atoms in total. The molecule has 0 radical (unpaired) electrons. The maximum atomic E-state index is 15.7. The highest BCUT2D eigenvalue weighted by Gasteiger charge is 2.45. The van der Waals surface area contributed by atoms with E-state index < -0.39 is 35.1 Å². The molecule has 0 bridgehead atoms. The number of carbonyl (C=O) groups excluding carboxylic acids is 1. The summed E-state index contributed by atoms with van der Waals surface area (Å²) in [4.78, 5) is 11.5. The molecule has 0 amide bonds. The summed E-state index contributed by atoms with van der Waals surface area (Å²) in [5, 5.41) is 18.6. The summed E-state index contributed by atoms with van der Waals surface area (Å²) < 4.78 is 62.7. The van der Waals surface area contributed by atoms with Gasteiger partial charge in [-0.3, -0.25) is 20.2 Å². The molecule has 2 aromatic heterocycles. The van der Waals surface area contributed by atoms with E-state index in [0.717, 1.165) is 12.1 Å². The number of Topliss-reactive ketones (excluding diaryl/α,β-unsaturated/α-hetero) is 1. The van der Waals surface area contributed by atoms with Crippen LogP contribution in [-0.4, -0.2) is 32.4 Å². The van der Waals surface area contributed by atoms with Crippen molar-refractivity contribution in [3.8, 4) is 11.3 Å². The highest BCUT2D eigenvalue weighted by Crippen LogP contribution is 2.40. The van der Waals surface area contributed by atoms with Crippen molar-refractivity contribution in [1.82, 2.24) is 24.9 Å². The second-order valence-corrected chi connectivity index (χ2v) is 7.78. The van der Waals surface area contributed by atoms with Gasteiger partial charge >= 0.3 is 5.92 Å². The lowest BCUT2D eigenvalue weighted by molar-refractivity contribution is -0.0769. The van der Waals surface area contributed by atoms with Crippen LogP contribution in [0.15, 0.2) is 48.7 Å². The van der Waals surface area contributed by atoms with E-state index in [1.54, 1.807) is 7.05 Å². The molecule has 4 rings (SSSR count). The quantitative estimate of drug-likeness (QED) is 0.329. The van der Waals surface area contributed by atoms with E-state index >= 15 is 13.2 Å². The van der Waals surface area contributed by atoms with Gasteiger partial charge in [0.15, 0.2) is 11.9 Å². The molecule has 34 heavy (non-hydrogen) atoms. The molecule has 2 heterocycles. The fourth-order valence-corrected chi connectivity index (χ4v) is 3.79. The lowest BCUT2D eigenvalue weighted by atomic mass is 10.0. The Morgan fingerprint density at radius 3 is 2.50 bits per heavy atom. The molecule has 4 aromatic rings. The Morgan fingerprint density at radius 2 is 1.85 bits per heavy atom. The van der Waals surface area contributed by atoms with Crippen LogP contribution in [-0.2, 0) is 13.0 Å². The number of hydrogen-bond acceptors (Lipinski definition) is 5. The van der Waals surface area contributed by atoms with Crippen molar-refractivity contribution >= 4 is 16.7 Å². The summed E-state index contributed by atoms with van der Waals surface area (Å²) >= 11 is 0. The number of carbonyl (C=O) groups is 1. The third-order valence-electron chi connectivity index (χ3n) is 5.46. The van der Waals surface area contributed by atoms with Gasteiger partial charge in [0.2, 0.25) is 0 Å². The molecule has 0 fully saturated rings. The van der Waals surface area contributed by atoms with Crippen LogP contribution in [0.5, 0.6) is 0 Å². The summed E-state index contributed by atoms with van der Waals surface area (Å²) in [7, 11) is 2.79. The van der Waals surface area contributed by atoms with Crippen LogP contribution in [0.25, 0.3) is 22.2 Å². The number of nitrogens with one attached hydrogen (secondary N) is 2. The van der Waals surface area contributed by atoms with Gasteiger partial charge in [0.25, 0.3) is 0 Å². The number of hydrogen-bond donors (Lipinski definition) is 2. The van der Waals surface area contributed by atoms with Crippen LogP contribution >= 0.6 is 0 Å². The van der Waals surface area contributed by atoms with Crippen LogP contribution in [0, 0.1) is 17.0 Å². The highest BCUT2D eigenvalue weighted by molar-refractivity contribution is 5.94. The zero-order chi connectivity index (χ0) is 24.8. The van der Waals surface area contributed by atoms with Crippen molar-refractivity contribution < 1.29 is 22.4 Å². The number of nitrogens with zero attached hydrogens (tertiary/aromatic N) is 4. The van der Waals surface area contributed by atoms with Crippen LogP contribution < -0.4 is 10.8 Å². The molecule has 11 heteroatoms. The average Bonchev–Trinajstić information content (AvgIpc) is 3.16. The first kappa shape index (κ1) is 23.3. The van der Waals surface area contributed by atoms with E-state index in [1.165, 1.54) is 55.2 Å². The number of benzene rings is 2. The summed E-state index contributed by atoms with van der Waals surface area (Å²) in [6.45, 7) is 1.22. The minimum atomic E-state index is -3.83. The zero-order valence-electron chi connectivity index (χ0n) is 18.4. The monoisotopic (exact) mass is 472 g/mol. The van der Waals surface area contributed by atoms with Gasteiger partial charge in [-0.25, -0.2) is 13.5 Å². The van der Waals surface area contributed by atoms with E-state index in [-0.39, 0.29) is 33.2 Å². The number of ketones is 1. The van der Waals surface area contributed by atoms with Gasteiger partial charge in [-0.2, -0.15) is 19.0 Å². The van der Waals surface area contributed by atoms with Crippen LogP contribution in [0.4, 0.5) is 17.6 Å². The van der Waals surface area contributed by atoms with E-state index in [1.807, 2.05) is 0 Å². The summed E-state index contributed by atoms with van der Waals surface area (Å²) in [5.41, 5.74) is -0.850. The van der Waals surface area contributed by atoms with Crippen molar-refractivity contribution in [2.24, 2.45) is 7.05 Å². The van der Waals surface area contributed by atoms with Crippen molar-refractivity contribution in [1.29, 1.82) is 5.41 Å². The maximum Gasteiger partial charge on any atom is 0.310 e. The number of aryl methyl sites for hydroxylation is 1. The largest absolute Gasteiger partial charge is 0.310 e. The molecule has 1 unspecified atom stereocenters. The van der Waals surface area contributed by atoms with E-state index in [4.69, 9.17) is 5.41 Å². The Kier molecular flexibility index (Phi) is 5.82. The van der Waals surface area contributed by atoms with Crippen LogP contribution in [0.3, 0.4) is 0 Å². The van der Waals surface area contributed by atoms with E-state index in [9.17, 15) is 9.18 Å². The third-order valence-corrected chi connectivity index (χ3v) is 5.46. The van der Waals surface area contributed by atoms with Gasteiger partial charge in [-0.15, -0.1) is 0 Å². The van der Waals surface area contributed by atoms with Crippen molar-refractivity contribution in [2.45, 2.75) is 19.0 Å². The van der Waals surface area contributed by atoms with Gasteiger partial charge in [-0.05, 0) is 50.4 Å². The van der Waals surface area contributed by atoms with Gasteiger partial charge in [0.05, 0.1) is 27.7 Å². The number of alkyl halides is 2. The molecule has 0 aliphatic heterocycles. The summed E-state index contributed by atoms with van der Waals surface area (Å²) in [6, 6.07) is 8.61. The van der Waals surface area contributed by atoms with Crippen LogP contribution in [0.2, 0.25) is 0 Å². The fraction of sp³-hybridized carbons (Fsp3) is 0.217. The maximum absolute atomic E-state index is 15.7. The van der Waals surface area contributed by atoms with E-state index in [2.05, 4.69) is 15.5 Å². The predicted molar refractivity (Wildman–Crippen MR) is 116 cm³/mol. The SMILES string of the molecule is CNC(n1nc(-c2ccc(C(C)=O)c(F)c2)ccc1=N)C(F)(F)c1ccc2nn(C)cc2c1F. The summed E-state index contributed by atoms with van der Waals surface area (Å²) in [5.74, 6) is -6.20. The molecule has 0 aliphatic rings. The molecule has 2 N–H and O–H groups in total. The van der Waals surface area contributed by atoms with Gasteiger partial charge in [-0.1, -0.05) is 6.07 Å². The standard InChI is InChI=1S/C23H20F4N6O/c1-12(34)14-5-4-13(10-17(14)24)18-8-9-20(28)33(31-18)22(29-2)23(26,27)16-6-7-19-15(21(16)25)11-32(3)30-19/h4-11,22,28-29H,1-3H3. The minimum Gasteiger partial charge on any atom is -0.294 e. The Labute approximate surface area is 191 Å². The minimum absolute atomic E-state index is 0.0617. The second kappa shape index (κ2) is 8.49. The molecule has 0 aliphatic carbocycles. The van der Waals surface area contributed by atoms with E-state index in [0.29, 0.717) is 4.68 Å². The number of rotatable bonds is 6. The molecule has 176 valence electrons. The molecular weight excluding hydrogens is 452 g/mol. The van der Waals surface area contributed by atoms with Gasteiger partial charge in [0.1, 0.15) is 17.1 Å². The molecule has 0 saturated carbocycles. The molecule has 1 atom stereocenters. The Bertz CT molecular complexity index is 1480. The molecule has 2 aromatic carbocycles. The lowest BCUT2D eigenvalue weighted by Gasteiger charge is -2.28. The first-order chi connectivity index (χ1) is 16.0. The fourth-order valence-electron chi connectivity index (χ4n) is 3.79. The van der Waals surface area contributed by atoms with Crippen LogP contribution in [0.1, 0.15) is 29.0 Å². The molecular formula is C23H20F4N6O.